The highest BCUT2D eigenvalue weighted by molar-refractivity contribution is 5.94. The summed E-state index contributed by atoms with van der Waals surface area (Å²) in [5, 5.41) is 5.71. The first-order valence-electron chi connectivity index (χ1n) is 6.52. The molecular formula is C15H14N4. The van der Waals surface area contributed by atoms with Gasteiger partial charge in [-0.05, 0) is 31.0 Å². The molecule has 94 valence electrons. The highest BCUT2D eigenvalue weighted by atomic mass is 15.3. The molecule has 0 unspecified atom stereocenters. The number of nitrogens with two attached hydrogens (primary N) is 1. The largest absolute Gasteiger partial charge is 0.397 e. The average Bonchev–Trinajstić information content (AvgIpc) is 3.17. The molecule has 1 saturated carbocycles. The summed E-state index contributed by atoms with van der Waals surface area (Å²) in [6.07, 6.45) is 6.33. The first-order valence-corrected chi connectivity index (χ1v) is 6.52. The van der Waals surface area contributed by atoms with Crippen molar-refractivity contribution in [2.45, 2.75) is 18.8 Å². The molecule has 3 aromatic rings. The molecule has 0 spiro atoms. The van der Waals surface area contributed by atoms with Gasteiger partial charge in [-0.2, -0.15) is 5.10 Å². The van der Waals surface area contributed by atoms with Gasteiger partial charge in [-0.15, -0.1) is 0 Å². The fourth-order valence-corrected chi connectivity index (χ4v) is 2.45. The number of hydrogen-bond acceptors (Lipinski definition) is 3. The van der Waals surface area contributed by atoms with E-state index in [1.165, 1.54) is 18.5 Å². The average molecular weight is 250 g/mol. The summed E-state index contributed by atoms with van der Waals surface area (Å²) >= 11 is 0. The number of aromatic nitrogens is 3. The Kier molecular flexibility index (Phi) is 2.12. The Morgan fingerprint density at radius 2 is 2.05 bits per heavy atom. The van der Waals surface area contributed by atoms with Crippen LogP contribution in [0.2, 0.25) is 0 Å². The van der Waals surface area contributed by atoms with E-state index in [4.69, 9.17) is 5.73 Å². The van der Waals surface area contributed by atoms with E-state index in [9.17, 15) is 0 Å². The minimum Gasteiger partial charge on any atom is -0.397 e. The van der Waals surface area contributed by atoms with Crippen LogP contribution in [0.3, 0.4) is 0 Å². The molecule has 4 heteroatoms. The lowest BCUT2D eigenvalue weighted by Gasteiger charge is -2.07. The molecular weight excluding hydrogens is 236 g/mol. The van der Waals surface area contributed by atoms with Gasteiger partial charge in [-0.1, -0.05) is 12.1 Å². The fraction of sp³-hybridized carbons (Fsp3) is 0.200. The maximum absolute atomic E-state index is 5.97. The van der Waals surface area contributed by atoms with Crippen LogP contribution >= 0.6 is 0 Å². The Hall–Kier alpha value is -2.36. The fourth-order valence-electron chi connectivity index (χ4n) is 2.45. The van der Waals surface area contributed by atoms with Gasteiger partial charge in [0, 0.05) is 23.7 Å². The molecule has 2 heterocycles. The van der Waals surface area contributed by atoms with Crippen LogP contribution in [-0.4, -0.2) is 14.8 Å². The van der Waals surface area contributed by atoms with Crippen molar-refractivity contribution in [3.8, 4) is 5.69 Å². The van der Waals surface area contributed by atoms with E-state index in [0.717, 1.165) is 16.6 Å². The Morgan fingerprint density at radius 3 is 2.89 bits per heavy atom. The van der Waals surface area contributed by atoms with Crippen molar-refractivity contribution in [3.05, 3.63) is 48.4 Å². The zero-order valence-electron chi connectivity index (χ0n) is 10.5. The summed E-state index contributed by atoms with van der Waals surface area (Å²) < 4.78 is 1.93. The van der Waals surface area contributed by atoms with Crippen molar-refractivity contribution in [3.63, 3.8) is 0 Å². The number of para-hydroxylation sites is 1. The molecule has 1 aromatic carbocycles. The van der Waals surface area contributed by atoms with Gasteiger partial charge in [0.25, 0.3) is 0 Å². The van der Waals surface area contributed by atoms with Gasteiger partial charge in [-0.3, -0.25) is 4.98 Å². The van der Waals surface area contributed by atoms with Crippen LogP contribution in [0.5, 0.6) is 0 Å². The zero-order valence-corrected chi connectivity index (χ0v) is 10.5. The molecule has 19 heavy (non-hydrogen) atoms. The summed E-state index contributed by atoms with van der Waals surface area (Å²) in [7, 11) is 0. The third-order valence-corrected chi connectivity index (χ3v) is 3.63. The van der Waals surface area contributed by atoms with E-state index >= 15 is 0 Å². The van der Waals surface area contributed by atoms with E-state index in [2.05, 4.69) is 16.1 Å². The van der Waals surface area contributed by atoms with Crippen molar-refractivity contribution >= 4 is 16.6 Å². The lowest BCUT2D eigenvalue weighted by atomic mass is 10.1. The minimum absolute atomic E-state index is 0.666. The first-order chi connectivity index (χ1) is 9.33. The number of nitrogens with zero attached hydrogens (tertiary/aromatic N) is 3. The summed E-state index contributed by atoms with van der Waals surface area (Å²) in [5.41, 5.74) is 9.73. The highest BCUT2D eigenvalue weighted by Crippen LogP contribution is 2.39. The molecule has 4 nitrogen and oxygen atoms in total. The number of nitrogen functional groups attached to an aromatic ring is 1. The molecule has 4 rings (SSSR count). The van der Waals surface area contributed by atoms with Gasteiger partial charge in [0.2, 0.25) is 0 Å². The SMILES string of the molecule is Nc1cccc2c(-n3ccc(C4CC4)n3)ccnc12. The monoisotopic (exact) mass is 250 g/mol. The van der Waals surface area contributed by atoms with Crippen LogP contribution in [0.25, 0.3) is 16.6 Å². The minimum atomic E-state index is 0.666. The van der Waals surface area contributed by atoms with E-state index < -0.39 is 0 Å². The molecule has 0 radical (unpaired) electrons. The maximum atomic E-state index is 5.97. The molecule has 2 N–H and O–H groups in total. The van der Waals surface area contributed by atoms with Gasteiger partial charge in [-0.25, -0.2) is 4.68 Å². The highest BCUT2D eigenvalue weighted by Gasteiger charge is 2.26. The number of hydrogen-bond donors (Lipinski definition) is 1. The topological polar surface area (TPSA) is 56.7 Å². The predicted octanol–water partition coefficient (Wildman–Crippen LogP) is 2.88. The number of rotatable bonds is 2. The summed E-state index contributed by atoms with van der Waals surface area (Å²) in [6.45, 7) is 0. The van der Waals surface area contributed by atoms with Crippen LogP contribution in [0.4, 0.5) is 5.69 Å². The third-order valence-electron chi connectivity index (χ3n) is 3.63. The van der Waals surface area contributed by atoms with Crippen LogP contribution in [0.15, 0.2) is 42.7 Å². The lowest BCUT2D eigenvalue weighted by molar-refractivity contribution is 0.841. The number of benzene rings is 1. The zero-order chi connectivity index (χ0) is 12.8. The second kappa shape index (κ2) is 3.82. The smallest absolute Gasteiger partial charge is 0.0952 e. The van der Waals surface area contributed by atoms with Gasteiger partial charge < -0.3 is 5.73 Å². The number of pyridine rings is 1. The molecule has 0 bridgehead atoms. The first kappa shape index (κ1) is 10.6. The molecule has 0 aliphatic heterocycles. The second-order valence-corrected chi connectivity index (χ2v) is 5.03. The molecule has 0 atom stereocenters. The van der Waals surface area contributed by atoms with Crippen molar-refractivity contribution in [1.82, 2.24) is 14.8 Å². The molecule has 1 aliphatic rings. The Morgan fingerprint density at radius 1 is 1.16 bits per heavy atom. The normalized spacial score (nSPS) is 14.9. The molecule has 0 amide bonds. The van der Waals surface area contributed by atoms with Gasteiger partial charge >= 0.3 is 0 Å². The Bertz CT molecular complexity index is 756. The van der Waals surface area contributed by atoms with Gasteiger partial charge in [0.15, 0.2) is 0 Å². The summed E-state index contributed by atoms with van der Waals surface area (Å²) in [5.74, 6) is 0.666. The van der Waals surface area contributed by atoms with Crippen molar-refractivity contribution in [1.29, 1.82) is 0 Å². The standard InChI is InChI=1S/C15H14N4/c16-12-3-1-2-11-14(6-8-17-15(11)12)19-9-7-13(18-19)10-4-5-10/h1-3,6-10H,4-5,16H2. The molecule has 2 aromatic heterocycles. The van der Waals surface area contributed by atoms with E-state index in [-0.39, 0.29) is 0 Å². The van der Waals surface area contributed by atoms with Crippen LogP contribution in [0, 0.1) is 0 Å². The van der Waals surface area contributed by atoms with Crippen LogP contribution in [0.1, 0.15) is 24.5 Å². The molecule has 1 fully saturated rings. The second-order valence-electron chi connectivity index (χ2n) is 5.03. The third kappa shape index (κ3) is 1.68. The number of fused-ring (bicyclic) bond motifs is 1. The molecule has 0 saturated heterocycles. The van der Waals surface area contributed by atoms with Gasteiger partial charge in [0.05, 0.1) is 22.6 Å². The lowest BCUT2D eigenvalue weighted by Crippen LogP contribution is -1.99. The van der Waals surface area contributed by atoms with Crippen molar-refractivity contribution in [2.24, 2.45) is 0 Å². The van der Waals surface area contributed by atoms with Crippen molar-refractivity contribution < 1.29 is 0 Å². The number of anilines is 1. The summed E-state index contributed by atoms with van der Waals surface area (Å²) in [4.78, 5) is 4.36. The van der Waals surface area contributed by atoms with E-state index in [1.54, 1.807) is 6.20 Å². The predicted molar refractivity (Wildman–Crippen MR) is 75.3 cm³/mol. The van der Waals surface area contributed by atoms with Gasteiger partial charge in [0.1, 0.15) is 0 Å². The Balaban J connectivity index is 1.91. The maximum Gasteiger partial charge on any atom is 0.0952 e. The van der Waals surface area contributed by atoms with Crippen LogP contribution in [-0.2, 0) is 0 Å². The molecule has 1 aliphatic carbocycles. The van der Waals surface area contributed by atoms with Crippen LogP contribution < -0.4 is 5.73 Å². The van der Waals surface area contributed by atoms with Crippen molar-refractivity contribution in [2.75, 3.05) is 5.73 Å². The summed E-state index contributed by atoms with van der Waals surface area (Å²) in [6, 6.07) is 9.94. The Labute approximate surface area is 110 Å². The van der Waals surface area contributed by atoms with E-state index in [1.807, 2.05) is 35.1 Å². The quantitative estimate of drug-likeness (QED) is 0.711. The van der Waals surface area contributed by atoms with E-state index in [0.29, 0.717) is 11.6 Å².